The molecule has 2 unspecified atom stereocenters. The van der Waals surface area contributed by atoms with Gasteiger partial charge in [0.1, 0.15) is 13.2 Å². The van der Waals surface area contributed by atoms with E-state index in [0.717, 1.165) is 44.9 Å². The van der Waals surface area contributed by atoms with Crippen LogP contribution in [0.3, 0.4) is 0 Å². The topological polar surface area (TPSA) is 108 Å². The number of hydrogen-bond donors (Lipinski definition) is 1. The normalized spacial score (nSPS) is 12.9. The molecule has 0 aromatic heterocycles. The summed E-state index contributed by atoms with van der Waals surface area (Å²) in [6, 6.07) is 0. The van der Waals surface area contributed by atoms with Crippen LogP contribution in [0.4, 0.5) is 0 Å². The molecule has 0 saturated carbocycles. The summed E-state index contributed by atoms with van der Waals surface area (Å²) in [5.41, 5.74) is 0. The average Bonchev–Trinajstić information content (AvgIpc) is 3.33. The smallest absolute Gasteiger partial charge is 0.361 e. The maximum absolute atomic E-state index is 12.8. The van der Waals surface area contributed by atoms with Gasteiger partial charge in [-0.15, -0.1) is 0 Å². The molecule has 70 heavy (non-hydrogen) atoms. The Labute approximate surface area is 433 Å². The van der Waals surface area contributed by atoms with Crippen molar-refractivity contribution in [1.82, 2.24) is 0 Å². The minimum Gasteiger partial charge on any atom is -0.477 e. The zero-order valence-electron chi connectivity index (χ0n) is 47.0. The van der Waals surface area contributed by atoms with Gasteiger partial charge in [-0.25, -0.2) is 4.79 Å². The Morgan fingerprint density at radius 3 is 1.13 bits per heavy atom. The molecule has 0 radical (unpaired) electrons. The van der Waals surface area contributed by atoms with E-state index in [1.807, 2.05) is 21.1 Å². The van der Waals surface area contributed by atoms with E-state index < -0.39 is 24.3 Å². The van der Waals surface area contributed by atoms with Crippen molar-refractivity contribution in [2.45, 2.75) is 302 Å². The lowest BCUT2D eigenvalue weighted by Gasteiger charge is -2.25. The van der Waals surface area contributed by atoms with Crippen LogP contribution >= 0.6 is 0 Å². The van der Waals surface area contributed by atoms with Crippen molar-refractivity contribution in [3.63, 3.8) is 0 Å². The number of ether oxygens (including phenoxy) is 4. The number of nitrogens with zero attached hydrogens (tertiary/aromatic N) is 1. The van der Waals surface area contributed by atoms with Gasteiger partial charge in [-0.2, -0.15) is 0 Å². The van der Waals surface area contributed by atoms with Gasteiger partial charge in [0.15, 0.2) is 6.10 Å². The van der Waals surface area contributed by atoms with Gasteiger partial charge in [0.25, 0.3) is 6.29 Å². The second-order valence-electron chi connectivity index (χ2n) is 21.7. The minimum absolute atomic E-state index is 0.177. The number of allylic oxidation sites excluding steroid dienone is 4. The van der Waals surface area contributed by atoms with Crippen LogP contribution < -0.4 is 0 Å². The number of rotatable bonds is 56. The maximum Gasteiger partial charge on any atom is 0.361 e. The Morgan fingerprint density at radius 1 is 0.429 bits per heavy atom. The Balaban J connectivity index is 3.77. The summed E-state index contributed by atoms with van der Waals surface area (Å²) in [6.45, 7) is 4.83. The highest BCUT2D eigenvalue weighted by Crippen LogP contribution is 2.18. The third-order valence-electron chi connectivity index (χ3n) is 13.5. The Bertz CT molecular complexity index is 1200. The first kappa shape index (κ1) is 67.8. The third-order valence-corrected chi connectivity index (χ3v) is 13.5. The van der Waals surface area contributed by atoms with E-state index in [-0.39, 0.29) is 32.2 Å². The fourth-order valence-corrected chi connectivity index (χ4v) is 8.81. The van der Waals surface area contributed by atoms with Gasteiger partial charge < -0.3 is 28.5 Å². The number of carbonyl (C=O) groups is 3. The second kappa shape index (κ2) is 53.1. The lowest BCUT2D eigenvalue weighted by molar-refractivity contribution is -0.870. The summed E-state index contributed by atoms with van der Waals surface area (Å²) >= 11 is 0. The zero-order chi connectivity index (χ0) is 51.3. The highest BCUT2D eigenvalue weighted by atomic mass is 16.7. The number of carboxylic acids is 1. The van der Waals surface area contributed by atoms with Crippen molar-refractivity contribution in [3.8, 4) is 0 Å². The minimum atomic E-state index is -1.50. The molecule has 0 aliphatic carbocycles. The summed E-state index contributed by atoms with van der Waals surface area (Å²) in [5, 5.41) is 9.63. The largest absolute Gasteiger partial charge is 0.477 e. The second-order valence-corrected chi connectivity index (χ2v) is 21.7. The standard InChI is InChI=1S/C61H115NO8/c1-6-8-10-12-14-15-16-17-18-19-20-21-22-23-24-25-26-27-28-29-30-31-32-33-34-35-36-37-38-39-40-41-42-43-44-45-46-48-50-52-59(64)70-57(55-68-58(63)51-49-47-13-11-9-7-2)56-69-61(60(65)66)67-54-53-62(3,4)5/h16-17,19-20,57,61H,6-15,18,21-56H2,1-5H3/p+1/b17-16-,20-19-. The van der Waals surface area contributed by atoms with Crippen LogP contribution in [-0.4, -0.2) is 87.4 Å². The predicted molar refractivity (Wildman–Crippen MR) is 295 cm³/mol. The zero-order valence-corrected chi connectivity index (χ0v) is 47.0. The van der Waals surface area contributed by atoms with Gasteiger partial charge >= 0.3 is 17.9 Å². The Morgan fingerprint density at radius 2 is 0.771 bits per heavy atom. The third kappa shape index (κ3) is 53.6. The van der Waals surface area contributed by atoms with Crippen LogP contribution in [-0.2, 0) is 33.3 Å². The molecular formula is C61H116NO8+. The number of carbonyl (C=O) groups excluding carboxylic acids is 2. The van der Waals surface area contributed by atoms with Crippen molar-refractivity contribution < 1.29 is 42.9 Å². The number of likely N-dealkylation sites (N-methyl/N-ethyl adjacent to an activating group) is 1. The van der Waals surface area contributed by atoms with Gasteiger partial charge in [0.2, 0.25) is 0 Å². The molecule has 2 atom stereocenters. The number of aliphatic carboxylic acids is 1. The van der Waals surface area contributed by atoms with E-state index in [0.29, 0.717) is 17.4 Å². The molecule has 0 fully saturated rings. The van der Waals surface area contributed by atoms with E-state index in [9.17, 15) is 19.5 Å². The highest BCUT2D eigenvalue weighted by Gasteiger charge is 2.25. The fourth-order valence-electron chi connectivity index (χ4n) is 8.81. The van der Waals surface area contributed by atoms with Crippen LogP contribution in [0.5, 0.6) is 0 Å². The molecule has 0 spiro atoms. The lowest BCUT2D eigenvalue weighted by Crippen LogP contribution is -2.40. The van der Waals surface area contributed by atoms with Gasteiger partial charge in [-0.05, 0) is 44.9 Å². The lowest BCUT2D eigenvalue weighted by atomic mass is 10.0. The summed E-state index contributed by atoms with van der Waals surface area (Å²) in [7, 11) is 5.96. The first-order valence-electron chi connectivity index (χ1n) is 30.0. The van der Waals surface area contributed by atoms with Crippen molar-refractivity contribution in [2.24, 2.45) is 0 Å². The van der Waals surface area contributed by atoms with Crippen molar-refractivity contribution >= 4 is 17.9 Å². The van der Waals surface area contributed by atoms with E-state index in [1.165, 1.54) is 218 Å². The number of unbranched alkanes of at least 4 members (excludes halogenated alkanes) is 37. The molecule has 412 valence electrons. The monoisotopic (exact) mass is 991 g/mol. The molecule has 0 rings (SSSR count). The number of esters is 2. The average molecular weight is 992 g/mol. The molecule has 0 aliphatic rings. The SMILES string of the molecule is CCCCCCC/C=C\C/C=C\CCCCCCCCCCCCCCCCCCCCCCCCCCCCCC(=O)OC(COC(=O)CCCCCCCC)COC(OCC[N+](C)(C)C)C(=O)O. The Hall–Kier alpha value is -2.23. The van der Waals surface area contributed by atoms with Gasteiger partial charge in [0, 0.05) is 12.8 Å². The number of quaternary nitrogens is 1. The van der Waals surface area contributed by atoms with Crippen LogP contribution in [0, 0.1) is 0 Å². The van der Waals surface area contributed by atoms with E-state index in [4.69, 9.17) is 18.9 Å². The van der Waals surface area contributed by atoms with Crippen LogP contribution in [0.25, 0.3) is 0 Å². The van der Waals surface area contributed by atoms with Crippen LogP contribution in [0.15, 0.2) is 24.3 Å². The van der Waals surface area contributed by atoms with Crippen LogP contribution in [0.2, 0.25) is 0 Å². The molecule has 0 aromatic carbocycles. The quantitative estimate of drug-likeness (QED) is 0.0211. The first-order valence-corrected chi connectivity index (χ1v) is 30.0. The molecule has 9 nitrogen and oxygen atoms in total. The first-order chi connectivity index (χ1) is 34.1. The molecule has 0 saturated heterocycles. The molecule has 0 amide bonds. The molecule has 0 aliphatic heterocycles. The van der Waals surface area contributed by atoms with Crippen molar-refractivity contribution in [3.05, 3.63) is 24.3 Å². The van der Waals surface area contributed by atoms with Gasteiger partial charge in [-0.3, -0.25) is 9.59 Å². The van der Waals surface area contributed by atoms with Crippen molar-refractivity contribution in [1.29, 1.82) is 0 Å². The molecule has 9 heteroatoms. The number of hydrogen-bond acceptors (Lipinski definition) is 7. The Kier molecular flexibility index (Phi) is 51.4. The molecule has 0 aromatic rings. The summed E-state index contributed by atoms with van der Waals surface area (Å²) < 4.78 is 22.7. The highest BCUT2D eigenvalue weighted by molar-refractivity contribution is 5.71. The predicted octanol–water partition coefficient (Wildman–Crippen LogP) is 17.5. The molecule has 0 heterocycles. The summed E-state index contributed by atoms with van der Waals surface area (Å²) in [4.78, 5) is 37.0. The van der Waals surface area contributed by atoms with E-state index >= 15 is 0 Å². The van der Waals surface area contributed by atoms with Gasteiger partial charge in [-0.1, -0.05) is 256 Å². The summed E-state index contributed by atoms with van der Waals surface area (Å²) in [5.74, 6) is -2.00. The van der Waals surface area contributed by atoms with Crippen molar-refractivity contribution in [2.75, 3.05) is 47.5 Å². The molecular weight excluding hydrogens is 875 g/mol. The number of carboxylic acid groups (broad SMARTS) is 1. The van der Waals surface area contributed by atoms with Gasteiger partial charge in [0.05, 0.1) is 34.4 Å². The molecule has 1 N–H and O–H groups in total. The van der Waals surface area contributed by atoms with Crippen LogP contribution in [0.1, 0.15) is 290 Å². The summed E-state index contributed by atoms with van der Waals surface area (Å²) in [6.07, 6.45) is 60.6. The van der Waals surface area contributed by atoms with E-state index in [1.54, 1.807) is 0 Å². The fraction of sp³-hybridized carbons (Fsp3) is 0.885. The maximum atomic E-state index is 12.8. The molecule has 0 bridgehead atoms. The van der Waals surface area contributed by atoms with E-state index in [2.05, 4.69) is 38.2 Å².